The van der Waals surface area contributed by atoms with Gasteiger partial charge in [0, 0.05) is 12.8 Å². The van der Waals surface area contributed by atoms with Crippen LogP contribution in [0.5, 0.6) is 0 Å². The van der Waals surface area contributed by atoms with Gasteiger partial charge in [-0.25, -0.2) is 4.79 Å². The third-order valence-corrected chi connectivity index (χ3v) is 2.87. The van der Waals surface area contributed by atoms with Gasteiger partial charge in [-0.15, -0.1) is 0 Å². The first-order valence-corrected chi connectivity index (χ1v) is 6.94. The van der Waals surface area contributed by atoms with Crippen molar-refractivity contribution in [3.63, 3.8) is 0 Å². The number of ether oxygens (including phenoxy) is 2. The molecule has 0 saturated heterocycles. The molecule has 2 atom stereocenters. The summed E-state index contributed by atoms with van der Waals surface area (Å²) in [6.45, 7) is 6.93. The van der Waals surface area contributed by atoms with Crippen LogP contribution in [0, 0.1) is 0 Å². The third-order valence-electron chi connectivity index (χ3n) is 2.87. The Balaban J connectivity index is 2.66. The second-order valence-corrected chi connectivity index (χ2v) is 5.88. The average Bonchev–Trinajstić information content (AvgIpc) is 2.30. The van der Waals surface area contributed by atoms with Crippen molar-refractivity contribution in [3.05, 3.63) is 0 Å². The summed E-state index contributed by atoms with van der Waals surface area (Å²) in [6.07, 6.45) is 0.321. The second kappa shape index (κ2) is 6.72. The SMILES string of the molecule is CCC(=O)OC1C(=O)CCC[C@@H]1NC(=O)OC(C)(C)C. The molecule has 0 aromatic rings. The van der Waals surface area contributed by atoms with Gasteiger partial charge in [0.05, 0.1) is 6.04 Å². The molecule has 1 rings (SSSR count). The molecule has 0 bridgehead atoms. The van der Waals surface area contributed by atoms with Crippen LogP contribution >= 0.6 is 0 Å². The van der Waals surface area contributed by atoms with E-state index in [9.17, 15) is 14.4 Å². The van der Waals surface area contributed by atoms with Crippen LogP contribution in [0.3, 0.4) is 0 Å². The van der Waals surface area contributed by atoms with Crippen molar-refractivity contribution in [2.45, 2.75) is 71.1 Å². The molecule has 1 amide bonds. The van der Waals surface area contributed by atoms with Crippen LogP contribution in [-0.2, 0) is 19.1 Å². The molecule has 1 aliphatic rings. The van der Waals surface area contributed by atoms with E-state index in [1.54, 1.807) is 27.7 Å². The molecule has 114 valence electrons. The first kappa shape index (κ1) is 16.5. The summed E-state index contributed by atoms with van der Waals surface area (Å²) in [6, 6.07) is -0.512. The number of Topliss-reactive ketones (excluding diaryl/α,β-unsaturated/α-hetero) is 1. The fourth-order valence-electron chi connectivity index (χ4n) is 1.99. The molecular formula is C14H23NO5. The van der Waals surface area contributed by atoms with E-state index in [0.29, 0.717) is 19.3 Å². The standard InChI is InChI=1S/C14H23NO5/c1-5-11(17)19-12-9(7-6-8-10(12)16)15-13(18)20-14(2,3)4/h9,12H,5-8H2,1-4H3,(H,15,18)/t9-,12?/m0/s1. The van der Waals surface area contributed by atoms with Crippen LogP contribution < -0.4 is 5.32 Å². The minimum atomic E-state index is -0.899. The molecule has 1 aliphatic carbocycles. The molecule has 0 heterocycles. The van der Waals surface area contributed by atoms with Crippen LogP contribution in [0.4, 0.5) is 4.79 Å². The molecular weight excluding hydrogens is 262 g/mol. The number of alkyl carbamates (subject to hydrolysis) is 1. The van der Waals surface area contributed by atoms with Gasteiger partial charge in [0.1, 0.15) is 5.60 Å². The van der Waals surface area contributed by atoms with Crippen LogP contribution in [0.25, 0.3) is 0 Å². The highest BCUT2D eigenvalue weighted by Gasteiger charge is 2.36. The van der Waals surface area contributed by atoms with E-state index < -0.39 is 29.8 Å². The summed E-state index contributed by atoms with van der Waals surface area (Å²) in [5, 5.41) is 2.63. The Morgan fingerprint density at radius 2 is 2.00 bits per heavy atom. The maximum absolute atomic E-state index is 11.9. The van der Waals surface area contributed by atoms with E-state index >= 15 is 0 Å². The largest absolute Gasteiger partial charge is 0.452 e. The van der Waals surface area contributed by atoms with Gasteiger partial charge in [0.15, 0.2) is 11.9 Å². The monoisotopic (exact) mass is 285 g/mol. The molecule has 1 unspecified atom stereocenters. The predicted molar refractivity (Wildman–Crippen MR) is 72.2 cm³/mol. The van der Waals surface area contributed by atoms with E-state index in [0.717, 1.165) is 0 Å². The molecule has 0 aromatic heterocycles. The number of esters is 1. The Labute approximate surface area is 119 Å². The summed E-state index contributed by atoms with van der Waals surface area (Å²) < 4.78 is 10.3. The number of hydrogen-bond donors (Lipinski definition) is 1. The highest BCUT2D eigenvalue weighted by atomic mass is 16.6. The Morgan fingerprint density at radius 3 is 2.55 bits per heavy atom. The topological polar surface area (TPSA) is 81.7 Å². The van der Waals surface area contributed by atoms with Crippen molar-refractivity contribution in [3.8, 4) is 0 Å². The first-order chi connectivity index (χ1) is 9.23. The Morgan fingerprint density at radius 1 is 1.35 bits per heavy atom. The zero-order valence-corrected chi connectivity index (χ0v) is 12.5. The smallest absolute Gasteiger partial charge is 0.408 e. The lowest BCUT2D eigenvalue weighted by molar-refractivity contribution is -0.158. The summed E-state index contributed by atoms with van der Waals surface area (Å²) >= 11 is 0. The number of carbonyl (C=O) groups excluding carboxylic acids is 3. The fraction of sp³-hybridized carbons (Fsp3) is 0.786. The van der Waals surface area contributed by atoms with Gasteiger partial charge in [-0.05, 0) is 33.6 Å². The molecule has 0 aliphatic heterocycles. The van der Waals surface area contributed by atoms with Crippen molar-refractivity contribution in [2.24, 2.45) is 0 Å². The van der Waals surface area contributed by atoms with Gasteiger partial charge in [-0.2, -0.15) is 0 Å². The zero-order valence-electron chi connectivity index (χ0n) is 12.5. The van der Waals surface area contributed by atoms with E-state index in [1.165, 1.54) is 0 Å². The van der Waals surface area contributed by atoms with E-state index in [2.05, 4.69) is 5.32 Å². The Kier molecular flexibility index (Phi) is 5.53. The van der Waals surface area contributed by atoms with Gasteiger partial charge in [-0.1, -0.05) is 6.92 Å². The summed E-state index contributed by atoms with van der Waals surface area (Å²) in [7, 11) is 0. The minimum absolute atomic E-state index is 0.154. The minimum Gasteiger partial charge on any atom is -0.452 e. The van der Waals surface area contributed by atoms with Crippen LogP contribution in [0.1, 0.15) is 53.4 Å². The zero-order chi connectivity index (χ0) is 15.3. The quantitative estimate of drug-likeness (QED) is 0.801. The normalized spacial score (nSPS) is 23.1. The molecule has 0 aromatic carbocycles. The molecule has 0 radical (unpaired) electrons. The van der Waals surface area contributed by atoms with E-state index in [4.69, 9.17) is 9.47 Å². The van der Waals surface area contributed by atoms with Crippen molar-refractivity contribution in [1.29, 1.82) is 0 Å². The molecule has 1 fully saturated rings. The molecule has 20 heavy (non-hydrogen) atoms. The number of hydrogen-bond acceptors (Lipinski definition) is 5. The maximum atomic E-state index is 11.9. The van der Waals surface area contributed by atoms with E-state index in [1.807, 2.05) is 0 Å². The lowest BCUT2D eigenvalue weighted by atomic mass is 9.91. The fourth-order valence-corrected chi connectivity index (χ4v) is 1.99. The van der Waals surface area contributed by atoms with Crippen molar-refractivity contribution in [1.82, 2.24) is 5.32 Å². The molecule has 6 nitrogen and oxygen atoms in total. The number of amides is 1. The first-order valence-electron chi connectivity index (χ1n) is 6.94. The molecule has 1 N–H and O–H groups in total. The van der Waals surface area contributed by atoms with Gasteiger partial charge >= 0.3 is 12.1 Å². The average molecular weight is 285 g/mol. The van der Waals surface area contributed by atoms with Crippen LogP contribution in [0.15, 0.2) is 0 Å². The number of rotatable bonds is 3. The highest BCUT2D eigenvalue weighted by Crippen LogP contribution is 2.20. The van der Waals surface area contributed by atoms with Crippen molar-refractivity contribution in [2.75, 3.05) is 0 Å². The van der Waals surface area contributed by atoms with Gasteiger partial charge in [-0.3, -0.25) is 9.59 Å². The third kappa shape index (κ3) is 5.19. The van der Waals surface area contributed by atoms with E-state index in [-0.39, 0.29) is 12.2 Å². The number of carbonyl (C=O) groups is 3. The predicted octanol–water partition coefficient (Wildman–Crippen LogP) is 1.95. The lowest BCUT2D eigenvalue weighted by Gasteiger charge is -2.31. The van der Waals surface area contributed by atoms with Crippen molar-refractivity contribution < 1.29 is 23.9 Å². The van der Waals surface area contributed by atoms with Crippen molar-refractivity contribution >= 4 is 17.8 Å². The number of nitrogens with one attached hydrogen (secondary N) is 1. The number of ketones is 1. The lowest BCUT2D eigenvalue weighted by Crippen LogP contribution is -2.52. The summed E-state index contributed by atoms with van der Waals surface area (Å²) in [4.78, 5) is 35.0. The Bertz CT molecular complexity index is 386. The van der Waals surface area contributed by atoms with Crippen LogP contribution in [0.2, 0.25) is 0 Å². The summed E-state index contributed by atoms with van der Waals surface area (Å²) in [5.41, 5.74) is -0.613. The molecule has 0 spiro atoms. The van der Waals surface area contributed by atoms with Crippen LogP contribution in [-0.4, -0.2) is 35.6 Å². The highest BCUT2D eigenvalue weighted by molar-refractivity contribution is 5.87. The maximum Gasteiger partial charge on any atom is 0.408 e. The van der Waals surface area contributed by atoms with Gasteiger partial charge in [0.2, 0.25) is 0 Å². The molecule has 1 saturated carbocycles. The second-order valence-electron chi connectivity index (χ2n) is 5.88. The molecule has 6 heteroatoms. The van der Waals surface area contributed by atoms with Gasteiger partial charge in [0.25, 0.3) is 0 Å². The van der Waals surface area contributed by atoms with Gasteiger partial charge < -0.3 is 14.8 Å². The Hall–Kier alpha value is -1.59. The summed E-state index contributed by atoms with van der Waals surface area (Å²) in [5.74, 6) is -0.597.